The number of fused-ring (bicyclic) bond motifs is 1. The minimum Gasteiger partial charge on any atom is -0.480 e. The van der Waals surface area contributed by atoms with Crippen LogP contribution in [-0.4, -0.2) is 39.9 Å². The van der Waals surface area contributed by atoms with Crippen LogP contribution in [0.1, 0.15) is 30.0 Å². The number of carbonyl (C=O) groups excluding carboxylic acids is 1. The van der Waals surface area contributed by atoms with Crippen molar-refractivity contribution in [1.82, 2.24) is 9.55 Å². The molecule has 0 radical (unpaired) electrons. The van der Waals surface area contributed by atoms with Crippen molar-refractivity contribution < 1.29 is 35.9 Å². The first-order chi connectivity index (χ1) is 21.8. The summed E-state index contributed by atoms with van der Waals surface area (Å²) in [7, 11) is -7.84. The highest BCUT2D eigenvalue weighted by atomic mass is 32.2. The molecule has 0 aliphatic carbocycles. The molecule has 0 spiro atoms. The number of benzene rings is 3. The summed E-state index contributed by atoms with van der Waals surface area (Å²) in [5.41, 5.74) is 5.98. The minimum atomic E-state index is -4.05. The molecule has 0 fully saturated rings. The third-order valence-electron chi connectivity index (χ3n) is 7.10. The molecule has 1 amide bonds. The standard InChI is InChI=1S/C31H30N4O8S3/c1-18(2)28(31(37)38)34-45(39,40)23-15-11-21(12-16-23)20-9-13-22(14-10-20)32-30(36)29-19(3)27-24(6-4-7-25(27)43-29)33-35-46(41,42)26-8-5-17-44-26/h4-18,28,33-35H,1-3H3,(H,32,36)(H,37,38)/t28-/m0/s1. The quantitative estimate of drug-likeness (QED) is 0.107. The van der Waals surface area contributed by atoms with Gasteiger partial charge < -0.3 is 20.3 Å². The topological polar surface area (TPSA) is 184 Å². The third-order valence-corrected chi connectivity index (χ3v) is 11.2. The van der Waals surface area contributed by atoms with Crippen LogP contribution in [0.25, 0.3) is 22.1 Å². The smallest absolute Gasteiger partial charge is 0.322 e. The fraction of sp³-hybridized carbons (Fsp3) is 0.161. The number of hydrogen-bond donors (Lipinski definition) is 5. The van der Waals surface area contributed by atoms with Crippen LogP contribution in [0, 0.1) is 12.8 Å². The van der Waals surface area contributed by atoms with E-state index in [4.69, 9.17) is 4.42 Å². The number of hydrogen-bond acceptors (Lipinski definition) is 9. The summed E-state index contributed by atoms with van der Waals surface area (Å²) in [6.07, 6.45) is 0. The molecule has 15 heteroatoms. The van der Waals surface area contributed by atoms with Crippen LogP contribution >= 0.6 is 11.3 Å². The third kappa shape index (κ3) is 6.98. The molecule has 0 aliphatic heterocycles. The summed E-state index contributed by atoms with van der Waals surface area (Å²) < 4.78 is 58.8. The van der Waals surface area contributed by atoms with Crippen LogP contribution in [0.15, 0.2) is 97.8 Å². The van der Waals surface area contributed by atoms with Gasteiger partial charge in [-0.05, 0) is 71.8 Å². The molecule has 0 saturated heterocycles. The number of nitrogens with one attached hydrogen (secondary N) is 4. The predicted molar refractivity (Wildman–Crippen MR) is 176 cm³/mol. The number of furan rings is 1. The van der Waals surface area contributed by atoms with Crippen molar-refractivity contribution in [1.29, 1.82) is 0 Å². The van der Waals surface area contributed by atoms with Gasteiger partial charge in [-0.1, -0.05) is 50.2 Å². The Morgan fingerprint density at radius 1 is 0.848 bits per heavy atom. The van der Waals surface area contributed by atoms with Crippen molar-refractivity contribution in [3.05, 3.63) is 95.6 Å². The van der Waals surface area contributed by atoms with E-state index >= 15 is 0 Å². The molecular formula is C31H30N4O8S3. The van der Waals surface area contributed by atoms with Gasteiger partial charge in [0.2, 0.25) is 10.0 Å². The van der Waals surface area contributed by atoms with Crippen LogP contribution in [-0.2, 0) is 24.8 Å². The summed E-state index contributed by atoms with van der Waals surface area (Å²) >= 11 is 1.08. The van der Waals surface area contributed by atoms with Gasteiger partial charge in [0.15, 0.2) is 5.76 Å². The Kier molecular flexibility index (Phi) is 9.32. The van der Waals surface area contributed by atoms with E-state index in [2.05, 4.69) is 20.3 Å². The van der Waals surface area contributed by atoms with Gasteiger partial charge in [0.1, 0.15) is 15.8 Å². The number of amides is 1. The van der Waals surface area contributed by atoms with Crippen molar-refractivity contribution in [3.8, 4) is 11.1 Å². The Morgan fingerprint density at radius 2 is 1.50 bits per heavy atom. The van der Waals surface area contributed by atoms with Gasteiger partial charge in [-0.25, -0.2) is 16.8 Å². The average Bonchev–Trinajstić information content (AvgIpc) is 3.69. The second-order valence-electron chi connectivity index (χ2n) is 10.6. The van der Waals surface area contributed by atoms with Gasteiger partial charge in [-0.3, -0.25) is 9.59 Å². The fourth-order valence-corrected chi connectivity index (χ4v) is 7.87. The molecule has 0 saturated carbocycles. The number of carboxylic acids is 1. The van der Waals surface area contributed by atoms with Gasteiger partial charge in [0, 0.05) is 16.6 Å². The van der Waals surface area contributed by atoms with Crippen LogP contribution in [0.5, 0.6) is 0 Å². The molecule has 2 heterocycles. The second kappa shape index (κ2) is 13.1. The fourth-order valence-electron chi connectivity index (χ4n) is 4.68. The van der Waals surface area contributed by atoms with Crippen molar-refractivity contribution in [2.75, 3.05) is 10.7 Å². The molecule has 1 atom stereocenters. The Morgan fingerprint density at radius 3 is 2.09 bits per heavy atom. The highest BCUT2D eigenvalue weighted by Crippen LogP contribution is 2.32. The first-order valence-corrected chi connectivity index (χ1v) is 17.7. The van der Waals surface area contributed by atoms with Crippen molar-refractivity contribution in [2.45, 2.75) is 35.9 Å². The van der Waals surface area contributed by atoms with Gasteiger partial charge in [-0.15, -0.1) is 16.2 Å². The van der Waals surface area contributed by atoms with E-state index < -0.39 is 43.9 Å². The highest BCUT2D eigenvalue weighted by molar-refractivity contribution is 7.91. The normalized spacial score (nSPS) is 12.7. The first kappa shape index (κ1) is 32.8. The average molecular weight is 683 g/mol. The number of hydrazine groups is 1. The van der Waals surface area contributed by atoms with Crippen molar-refractivity contribution in [2.24, 2.45) is 5.92 Å². The number of aliphatic carboxylic acids is 1. The Balaban J connectivity index is 1.28. The molecular weight excluding hydrogens is 653 g/mol. The van der Waals surface area contributed by atoms with Gasteiger partial charge in [-0.2, -0.15) is 4.72 Å². The maximum atomic E-state index is 13.2. The lowest BCUT2D eigenvalue weighted by molar-refractivity contribution is -0.140. The number of thiophene rings is 1. The molecule has 5 N–H and O–H groups in total. The molecule has 5 rings (SSSR count). The summed E-state index contributed by atoms with van der Waals surface area (Å²) in [6.45, 7) is 4.93. The molecule has 5 aromatic rings. The lowest BCUT2D eigenvalue weighted by atomic mass is 10.1. The van der Waals surface area contributed by atoms with Gasteiger partial charge >= 0.3 is 5.97 Å². The Bertz CT molecular complexity index is 2110. The molecule has 240 valence electrons. The van der Waals surface area contributed by atoms with Crippen LogP contribution < -0.4 is 20.3 Å². The highest BCUT2D eigenvalue weighted by Gasteiger charge is 2.28. The number of anilines is 2. The van der Waals surface area contributed by atoms with Crippen LogP contribution in [0.2, 0.25) is 0 Å². The van der Waals surface area contributed by atoms with E-state index in [-0.39, 0.29) is 14.9 Å². The Labute approximate surface area is 269 Å². The number of carboxylic acid groups (broad SMARTS) is 1. The largest absolute Gasteiger partial charge is 0.480 e. The van der Waals surface area contributed by atoms with Crippen LogP contribution in [0.4, 0.5) is 11.4 Å². The molecule has 0 unspecified atom stereocenters. The molecule has 12 nitrogen and oxygen atoms in total. The van der Waals surface area contributed by atoms with E-state index in [9.17, 15) is 31.5 Å². The maximum absolute atomic E-state index is 13.2. The summed E-state index contributed by atoms with van der Waals surface area (Å²) in [5, 5.41) is 14.3. The van der Waals surface area contributed by atoms with Crippen LogP contribution in [0.3, 0.4) is 0 Å². The van der Waals surface area contributed by atoms with Gasteiger partial charge in [0.25, 0.3) is 15.9 Å². The Hall–Kier alpha value is -4.54. The summed E-state index contributed by atoms with van der Waals surface area (Å²) in [5.74, 6) is -2.15. The maximum Gasteiger partial charge on any atom is 0.322 e. The zero-order valence-electron chi connectivity index (χ0n) is 24.8. The number of aryl methyl sites for hydroxylation is 1. The first-order valence-electron chi connectivity index (χ1n) is 13.9. The lowest BCUT2D eigenvalue weighted by Gasteiger charge is -2.18. The lowest BCUT2D eigenvalue weighted by Crippen LogP contribution is -2.44. The molecule has 0 aliphatic rings. The molecule has 2 aromatic heterocycles. The second-order valence-corrected chi connectivity index (χ2v) is 15.2. The molecule has 3 aromatic carbocycles. The van der Waals surface area contributed by atoms with Crippen molar-refractivity contribution in [3.63, 3.8) is 0 Å². The number of rotatable bonds is 12. The van der Waals surface area contributed by atoms with Gasteiger partial charge in [0.05, 0.1) is 10.6 Å². The molecule has 46 heavy (non-hydrogen) atoms. The van der Waals surface area contributed by atoms with E-state index in [1.54, 1.807) is 86.8 Å². The summed E-state index contributed by atoms with van der Waals surface area (Å²) in [6, 6.07) is 19.8. The van der Waals surface area contributed by atoms with E-state index in [0.29, 0.717) is 33.5 Å². The SMILES string of the molecule is Cc1c(C(=O)Nc2ccc(-c3ccc(S(=O)(=O)N[C@H](C(=O)O)C(C)C)cc3)cc2)oc2cccc(NNS(=O)(=O)c3cccs3)c12. The number of sulfonamides is 2. The predicted octanol–water partition coefficient (Wildman–Crippen LogP) is 5.41. The van der Waals surface area contributed by atoms with E-state index in [1.807, 2.05) is 0 Å². The minimum absolute atomic E-state index is 0.0578. The molecule has 0 bridgehead atoms. The number of carbonyl (C=O) groups is 2. The van der Waals surface area contributed by atoms with E-state index in [1.165, 1.54) is 18.2 Å². The zero-order chi connectivity index (χ0) is 33.2. The van der Waals surface area contributed by atoms with Crippen molar-refractivity contribution >= 4 is 65.6 Å². The zero-order valence-corrected chi connectivity index (χ0v) is 27.2. The monoisotopic (exact) mass is 682 g/mol. The van der Waals surface area contributed by atoms with E-state index in [0.717, 1.165) is 16.9 Å². The summed E-state index contributed by atoms with van der Waals surface area (Å²) in [4.78, 5) is 26.9.